The van der Waals surface area contributed by atoms with E-state index in [-0.39, 0.29) is 17.9 Å². The van der Waals surface area contributed by atoms with Crippen molar-refractivity contribution in [3.05, 3.63) is 33.8 Å². The van der Waals surface area contributed by atoms with Gasteiger partial charge < -0.3 is 10.4 Å². The summed E-state index contributed by atoms with van der Waals surface area (Å²) in [5.74, 6) is -0.194. The van der Waals surface area contributed by atoms with Crippen LogP contribution in [0, 0.1) is 5.41 Å². The zero-order valence-corrected chi connectivity index (χ0v) is 11.4. The van der Waals surface area contributed by atoms with E-state index >= 15 is 0 Å². The number of halogens is 2. The summed E-state index contributed by atoms with van der Waals surface area (Å²) >= 11 is 11.7. The predicted octanol–water partition coefficient (Wildman–Crippen LogP) is 2.89. The zero-order chi connectivity index (χ0) is 13.2. The Balaban J connectivity index is 1.96. The van der Waals surface area contributed by atoms with Gasteiger partial charge >= 0.3 is 0 Å². The summed E-state index contributed by atoms with van der Waals surface area (Å²) in [5, 5.41) is 12.7. The van der Waals surface area contributed by atoms with E-state index in [1.165, 1.54) is 0 Å². The van der Waals surface area contributed by atoms with Crippen LogP contribution in [-0.4, -0.2) is 24.2 Å². The Morgan fingerprint density at radius 2 is 2.11 bits per heavy atom. The number of carbonyl (C=O) groups excluding carboxylic acids is 1. The molecule has 0 spiro atoms. The highest BCUT2D eigenvalue weighted by Crippen LogP contribution is 2.47. The van der Waals surface area contributed by atoms with Gasteiger partial charge in [-0.15, -0.1) is 0 Å². The average Bonchev–Trinajstić information content (AvgIpc) is 3.07. The first-order valence-corrected chi connectivity index (χ1v) is 6.66. The number of benzene rings is 1. The number of rotatable bonds is 5. The lowest BCUT2D eigenvalue weighted by atomic mass is 10.0. The molecule has 2 rings (SSSR count). The van der Waals surface area contributed by atoms with E-state index in [4.69, 9.17) is 28.3 Å². The van der Waals surface area contributed by atoms with Crippen molar-refractivity contribution in [2.45, 2.75) is 19.3 Å². The van der Waals surface area contributed by atoms with Crippen molar-refractivity contribution in [2.75, 3.05) is 13.2 Å². The monoisotopic (exact) mass is 287 g/mol. The third kappa shape index (κ3) is 3.16. The van der Waals surface area contributed by atoms with Gasteiger partial charge in [0.05, 0.1) is 10.6 Å². The van der Waals surface area contributed by atoms with E-state index in [2.05, 4.69) is 5.32 Å². The molecule has 0 aromatic heterocycles. The van der Waals surface area contributed by atoms with Gasteiger partial charge in [-0.3, -0.25) is 4.79 Å². The van der Waals surface area contributed by atoms with E-state index < -0.39 is 0 Å². The van der Waals surface area contributed by atoms with Crippen LogP contribution in [-0.2, 0) is 0 Å². The van der Waals surface area contributed by atoms with Crippen LogP contribution in [0.4, 0.5) is 0 Å². The highest BCUT2D eigenvalue weighted by atomic mass is 35.5. The molecule has 1 aromatic carbocycles. The topological polar surface area (TPSA) is 49.3 Å². The molecule has 0 bridgehead atoms. The fourth-order valence-electron chi connectivity index (χ4n) is 1.97. The molecule has 98 valence electrons. The number of hydrogen-bond acceptors (Lipinski definition) is 2. The third-order valence-corrected chi connectivity index (χ3v) is 3.95. The second-order valence-electron chi connectivity index (χ2n) is 4.78. The number of hydrogen-bond donors (Lipinski definition) is 2. The second-order valence-corrected chi connectivity index (χ2v) is 5.62. The van der Waals surface area contributed by atoms with Crippen LogP contribution in [0.1, 0.15) is 29.6 Å². The van der Waals surface area contributed by atoms with Crippen molar-refractivity contribution in [3.8, 4) is 0 Å². The van der Waals surface area contributed by atoms with Crippen LogP contribution in [0.2, 0.25) is 10.0 Å². The predicted molar refractivity (Wildman–Crippen MR) is 72.2 cm³/mol. The molecular formula is C13H15Cl2NO2. The summed E-state index contributed by atoms with van der Waals surface area (Å²) in [7, 11) is 0. The number of amides is 1. The summed E-state index contributed by atoms with van der Waals surface area (Å²) in [6.45, 7) is 0.753. The van der Waals surface area contributed by atoms with Crippen molar-refractivity contribution >= 4 is 29.1 Å². The molecule has 2 N–H and O–H groups in total. The maximum Gasteiger partial charge on any atom is 0.252 e. The summed E-state index contributed by atoms with van der Waals surface area (Å²) in [6, 6.07) is 4.81. The van der Waals surface area contributed by atoms with E-state index in [1.807, 2.05) is 0 Å². The first kappa shape index (κ1) is 13.7. The molecule has 1 aliphatic carbocycles. The van der Waals surface area contributed by atoms with Crippen molar-refractivity contribution in [3.63, 3.8) is 0 Å². The minimum absolute atomic E-state index is 0.101. The van der Waals surface area contributed by atoms with Gasteiger partial charge in [-0.2, -0.15) is 0 Å². The molecule has 1 amide bonds. The Morgan fingerprint density at radius 1 is 1.39 bits per heavy atom. The van der Waals surface area contributed by atoms with Crippen LogP contribution in [0.5, 0.6) is 0 Å². The van der Waals surface area contributed by atoms with Gasteiger partial charge in [0, 0.05) is 18.2 Å². The minimum Gasteiger partial charge on any atom is -0.396 e. The van der Waals surface area contributed by atoms with Gasteiger partial charge in [0.15, 0.2) is 0 Å². The molecule has 0 radical (unpaired) electrons. The fourth-order valence-corrected chi connectivity index (χ4v) is 2.46. The summed E-state index contributed by atoms with van der Waals surface area (Å²) < 4.78 is 0. The van der Waals surface area contributed by atoms with Crippen molar-refractivity contribution < 1.29 is 9.90 Å². The minimum atomic E-state index is -0.194. The van der Waals surface area contributed by atoms with Crippen LogP contribution >= 0.6 is 23.2 Å². The highest BCUT2D eigenvalue weighted by molar-refractivity contribution is 6.36. The summed E-state index contributed by atoms with van der Waals surface area (Å²) in [6.07, 6.45) is 2.85. The average molecular weight is 288 g/mol. The lowest BCUT2D eigenvalue weighted by Crippen LogP contribution is -2.30. The van der Waals surface area contributed by atoms with E-state index in [9.17, 15) is 4.79 Å². The largest absolute Gasteiger partial charge is 0.396 e. The SMILES string of the molecule is O=C(NCC1(CCO)CC1)c1ccc(Cl)cc1Cl. The number of aliphatic hydroxyl groups excluding tert-OH is 1. The van der Waals surface area contributed by atoms with Gasteiger partial charge in [0.1, 0.15) is 0 Å². The number of aliphatic hydroxyl groups is 1. The number of nitrogens with one attached hydrogen (secondary N) is 1. The lowest BCUT2D eigenvalue weighted by molar-refractivity contribution is 0.0941. The van der Waals surface area contributed by atoms with Crippen LogP contribution in [0.3, 0.4) is 0 Å². The first-order valence-electron chi connectivity index (χ1n) is 5.90. The Kier molecular flexibility index (Phi) is 4.15. The van der Waals surface area contributed by atoms with Crippen LogP contribution in [0.15, 0.2) is 18.2 Å². The van der Waals surface area contributed by atoms with Crippen molar-refractivity contribution in [1.82, 2.24) is 5.32 Å². The maximum absolute atomic E-state index is 12.0. The Bertz CT molecular complexity index is 458. The standard InChI is InChI=1S/C13H15Cl2NO2/c14-9-1-2-10(11(15)7-9)12(18)16-8-13(3-4-13)5-6-17/h1-2,7,17H,3-6,8H2,(H,16,18). The molecule has 3 nitrogen and oxygen atoms in total. The van der Waals surface area contributed by atoms with Crippen LogP contribution in [0.25, 0.3) is 0 Å². The quantitative estimate of drug-likeness (QED) is 0.875. The van der Waals surface area contributed by atoms with Gasteiger partial charge in [-0.1, -0.05) is 23.2 Å². The lowest BCUT2D eigenvalue weighted by Gasteiger charge is -2.15. The Hall–Kier alpha value is -0.770. The van der Waals surface area contributed by atoms with Crippen molar-refractivity contribution in [2.24, 2.45) is 5.41 Å². The smallest absolute Gasteiger partial charge is 0.252 e. The normalized spacial score (nSPS) is 16.4. The summed E-state index contributed by atoms with van der Waals surface area (Å²) in [4.78, 5) is 12.0. The van der Waals surface area contributed by atoms with Crippen molar-refractivity contribution in [1.29, 1.82) is 0 Å². The van der Waals surface area contributed by atoms with Gasteiger partial charge in [-0.05, 0) is 42.9 Å². The van der Waals surface area contributed by atoms with Gasteiger partial charge in [-0.25, -0.2) is 0 Å². The molecule has 0 heterocycles. The first-order chi connectivity index (χ1) is 8.56. The third-order valence-electron chi connectivity index (χ3n) is 3.40. The van der Waals surface area contributed by atoms with E-state index in [0.717, 1.165) is 19.3 Å². The molecule has 5 heteroatoms. The molecule has 0 saturated heterocycles. The molecule has 1 fully saturated rings. The van der Waals surface area contributed by atoms with Gasteiger partial charge in [0.2, 0.25) is 0 Å². The van der Waals surface area contributed by atoms with E-state index in [0.29, 0.717) is 22.2 Å². The Morgan fingerprint density at radius 3 is 2.67 bits per heavy atom. The molecule has 1 saturated carbocycles. The molecule has 0 aliphatic heterocycles. The van der Waals surface area contributed by atoms with Gasteiger partial charge in [0.25, 0.3) is 5.91 Å². The molecule has 18 heavy (non-hydrogen) atoms. The van der Waals surface area contributed by atoms with E-state index in [1.54, 1.807) is 18.2 Å². The molecule has 1 aromatic rings. The fraction of sp³-hybridized carbons (Fsp3) is 0.462. The molecule has 0 unspecified atom stereocenters. The zero-order valence-electron chi connectivity index (χ0n) is 9.88. The highest BCUT2D eigenvalue weighted by Gasteiger charge is 2.41. The van der Waals surface area contributed by atoms with Crippen LogP contribution < -0.4 is 5.32 Å². The molecule has 0 atom stereocenters. The molecule has 1 aliphatic rings. The maximum atomic E-state index is 12.0. The summed E-state index contributed by atoms with van der Waals surface area (Å²) in [5.41, 5.74) is 0.532. The molecular weight excluding hydrogens is 273 g/mol. The number of carbonyl (C=O) groups is 1. The second kappa shape index (κ2) is 5.47. The Labute approximate surface area is 116 Å².